The van der Waals surface area contributed by atoms with E-state index < -0.39 is 0 Å². The Labute approximate surface area is 157 Å². The monoisotopic (exact) mass is 365 g/mol. The highest BCUT2D eigenvalue weighted by atomic mass is 16.5. The molecule has 0 saturated carbocycles. The lowest BCUT2D eigenvalue weighted by atomic mass is 10.1. The van der Waals surface area contributed by atoms with E-state index in [1.807, 2.05) is 50.2 Å². The summed E-state index contributed by atoms with van der Waals surface area (Å²) >= 11 is 0. The first-order chi connectivity index (χ1) is 13.1. The van der Waals surface area contributed by atoms with Crippen LogP contribution in [0.3, 0.4) is 0 Å². The van der Waals surface area contributed by atoms with Gasteiger partial charge in [-0.05, 0) is 43.7 Å². The minimum atomic E-state index is -0.192. The third-order valence-electron chi connectivity index (χ3n) is 4.41. The quantitative estimate of drug-likeness (QED) is 0.698. The van der Waals surface area contributed by atoms with Crippen molar-refractivity contribution in [3.8, 4) is 5.75 Å². The van der Waals surface area contributed by atoms with E-state index in [0.717, 1.165) is 22.2 Å². The minimum absolute atomic E-state index is 0.0353. The molecular formula is C21H23N3O3. The highest BCUT2D eigenvalue weighted by Crippen LogP contribution is 2.22. The van der Waals surface area contributed by atoms with Crippen molar-refractivity contribution in [3.63, 3.8) is 0 Å². The Balaban J connectivity index is 1.61. The van der Waals surface area contributed by atoms with Crippen molar-refractivity contribution in [2.75, 3.05) is 13.2 Å². The number of hydrogen-bond acceptors (Lipinski definition) is 4. The number of pyridine rings is 2. The van der Waals surface area contributed by atoms with E-state index in [-0.39, 0.29) is 18.1 Å². The first kappa shape index (κ1) is 18.6. The Morgan fingerprint density at radius 1 is 1.22 bits per heavy atom. The Hall–Kier alpha value is -3.15. The Kier molecular flexibility index (Phi) is 5.86. The molecule has 3 rings (SSSR count). The van der Waals surface area contributed by atoms with Crippen LogP contribution in [0.1, 0.15) is 18.2 Å². The summed E-state index contributed by atoms with van der Waals surface area (Å²) in [5, 5.41) is 3.82. The van der Waals surface area contributed by atoms with Crippen LogP contribution in [0.4, 0.5) is 0 Å². The fourth-order valence-corrected chi connectivity index (χ4v) is 3.02. The Bertz CT molecular complexity index is 997. The smallest absolute Gasteiger partial charge is 0.257 e. The van der Waals surface area contributed by atoms with E-state index in [2.05, 4.69) is 10.3 Å². The van der Waals surface area contributed by atoms with Crippen LogP contribution in [-0.4, -0.2) is 28.6 Å². The van der Waals surface area contributed by atoms with Gasteiger partial charge in [-0.2, -0.15) is 0 Å². The number of fused-ring (bicyclic) bond motifs is 1. The molecule has 0 bridgehead atoms. The molecule has 0 atom stereocenters. The number of hydrogen-bond donors (Lipinski definition) is 1. The van der Waals surface area contributed by atoms with Crippen molar-refractivity contribution >= 4 is 16.8 Å². The molecule has 0 aliphatic rings. The van der Waals surface area contributed by atoms with E-state index in [9.17, 15) is 9.59 Å². The number of nitrogens with zero attached hydrogens (tertiary/aromatic N) is 2. The van der Waals surface area contributed by atoms with Gasteiger partial charge in [-0.3, -0.25) is 14.6 Å². The zero-order valence-corrected chi connectivity index (χ0v) is 15.6. The molecule has 0 unspecified atom stereocenters. The molecule has 0 spiro atoms. The number of benzene rings is 1. The number of aryl methyl sites for hydroxylation is 2. The fourth-order valence-electron chi connectivity index (χ4n) is 3.02. The van der Waals surface area contributed by atoms with Crippen molar-refractivity contribution in [1.29, 1.82) is 0 Å². The van der Waals surface area contributed by atoms with Crippen LogP contribution in [0, 0.1) is 6.92 Å². The number of rotatable bonds is 7. The Morgan fingerprint density at radius 3 is 2.81 bits per heavy atom. The third kappa shape index (κ3) is 4.53. The molecule has 1 amide bonds. The molecular weight excluding hydrogens is 342 g/mol. The summed E-state index contributed by atoms with van der Waals surface area (Å²) in [6.45, 7) is 4.85. The van der Waals surface area contributed by atoms with Crippen LogP contribution in [0.25, 0.3) is 10.9 Å². The van der Waals surface area contributed by atoms with Crippen LogP contribution in [-0.2, 0) is 17.8 Å². The average molecular weight is 365 g/mol. The molecule has 0 radical (unpaired) electrons. The predicted octanol–water partition coefficient (Wildman–Crippen LogP) is 2.46. The lowest BCUT2D eigenvalue weighted by Gasteiger charge is -2.12. The maximum atomic E-state index is 12.2. The van der Waals surface area contributed by atoms with Crippen LogP contribution >= 0.6 is 0 Å². The molecule has 0 fully saturated rings. The van der Waals surface area contributed by atoms with Crippen molar-refractivity contribution in [2.45, 2.75) is 26.8 Å². The van der Waals surface area contributed by atoms with Gasteiger partial charge < -0.3 is 14.6 Å². The number of nitrogens with one attached hydrogen (secondary N) is 1. The van der Waals surface area contributed by atoms with Gasteiger partial charge >= 0.3 is 0 Å². The zero-order valence-electron chi connectivity index (χ0n) is 15.6. The van der Waals surface area contributed by atoms with E-state index in [0.29, 0.717) is 25.3 Å². The molecule has 0 aliphatic heterocycles. The maximum absolute atomic E-state index is 12.2. The molecule has 2 aromatic heterocycles. The molecule has 1 N–H and O–H groups in total. The van der Waals surface area contributed by atoms with Gasteiger partial charge in [-0.25, -0.2) is 0 Å². The zero-order chi connectivity index (χ0) is 19.2. The summed E-state index contributed by atoms with van der Waals surface area (Å²) in [5.41, 5.74) is 2.64. The van der Waals surface area contributed by atoms with Gasteiger partial charge in [0.2, 0.25) is 0 Å². The van der Waals surface area contributed by atoms with Crippen molar-refractivity contribution < 1.29 is 9.53 Å². The van der Waals surface area contributed by atoms with Gasteiger partial charge in [0.1, 0.15) is 5.75 Å². The topological polar surface area (TPSA) is 73.2 Å². The van der Waals surface area contributed by atoms with Gasteiger partial charge in [0.05, 0.1) is 5.52 Å². The standard InChI is InChI=1S/C21H23N3O3/c1-3-24-19-13-17(7-8-18(19)15(2)12-21(24)26)27-14-20(25)23-11-9-16-6-4-5-10-22-16/h4-8,10,12-13H,3,9,11,14H2,1-2H3,(H,23,25). The van der Waals surface area contributed by atoms with Crippen molar-refractivity contribution in [2.24, 2.45) is 0 Å². The van der Waals surface area contributed by atoms with Gasteiger partial charge in [0, 0.05) is 48.9 Å². The average Bonchev–Trinajstić information content (AvgIpc) is 2.67. The second-order valence-corrected chi connectivity index (χ2v) is 6.30. The molecule has 6 nitrogen and oxygen atoms in total. The summed E-state index contributed by atoms with van der Waals surface area (Å²) in [7, 11) is 0. The van der Waals surface area contributed by atoms with E-state index >= 15 is 0 Å². The Morgan fingerprint density at radius 2 is 2.07 bits per heavy atom. The van der Waals surface area contributed by atoms with Crippen molar-refractivity contribution in [3.05, 3.63) is 70.3 Å². The molecule has 6 heteroatoms. The first-order valence-electron chi connectivity index (χ1n) is 9.02. The lowest BCUT2D eigenvalue weighted by molar-refractivity contribution is -0.123. The van der Waals surface area contributed by atoms with Crippen LogP contribution < -0.4 is 15.6 Å². The summed E-state index contributed by atoms with van der Waals surface area (Å²) in [6, 6.07) is 12.9. The van der Waals surface area contributed by atoms with Gasteiger partial charge in [-0.1, -0.05) is 6.07 Å². The number of carbonyl (C=O) groups excluding carboxylic acids is 1. The third-order valence-corrected chi connectivity index (χ3v) is 4.41. The molecule has 1 aromatic carbocycles. The second kappa shape index (κ2) is 8.49. The second-order valence-electron chi connectivity index (χ2n) is 6.30. The SMILES string of the molecule is CCn1c(=O)cc(C)c2ccc(OCC(=O)NCCc3ccccn3)cc21. The maximum Gasteiger partial charge on any atom is 0.257 e. The summed E-state index contributed by atoms with van der Waals surface area (Å²) in [5.74, 6) is 0.373. The number of ether oxygens (including phenoxy) is 1. The number of aromatic nitrogens is 2. The molecule has 140 valence electrons. The van der Waals surface area contributed by atoms with Crippen LogP contribution in [0.5, 0.6) is 5.75 Å². The van der Waals surface area contributed by atoms with E-state index in [1.54, 1.807) is 16.8 Å². The summed E-state index contributed by atoms with van der Waals surface area (Å²) < 4.78 is 7.31. The summed E-state index contributed by atoms with van der Waals surface area (Å²) in [6.07, 6.45) is 2.40. The van der Waals surface area contributed by atoms with Crippen molar-refractivity contribution in [1.82, 2.24) is 14.9 Å². The molecule has 27 heavy (non-hydrogen) atoms. The van der Waals surface area contributed by atoms with E-state index in [1.165, 1.54) is 0 Å². The van der Waals surface area contributed by atoms with Gasteiger partial charge in [-0.15, -0.1) is 0 Å². The molecule has 3 aromatic rings. The number of carbonyl (C=O) groups is 1. The van der Waals surface area contributed by atoms with Crippen LogP contribution in [0.2, 0.25) is 0 Å². The normalized spacial score (nSPS) is 10.7. The predicted molar refractivity (Wildman–Crippen MR) is 105 cm³/mol. The fraction of sp³-hybridized carbons (Fsp3) is 0.286. The van der Waals surface area contributed by atoms with E-state index in [4.69, 9.17) is 4.74 Å². The van der Waals surface area contributed by atoms with Gasteiger partial charge in [0.15, 0.2) is 6.61 Å². The lowest BCUT2D eigenvalue weighted by Crippen LogP contribution is -2.30. The van der Waals surface area contributed by atoms with Gasteiger partial charge in [0.25, 0.3) is 11.5 Å². The summed E-state index contributed by atoms with van der Waals surface area (Å²) in [4.78, 5) is 28.4. The molecule has 2 heterocycles. The molecule has 0 aliphatic carbocycles. The molecule has 0 saturated heterocycles. The van der Waals surface area contributed by atoms with Crippen LogP contribution in [0.15, 0.2) is 53.5 Å². The highest BCUT2D eigenvalue weighted by Gasteiger charge is 2.08. The highest BCUT2D eigenvalue weighted by molar-refractivity contribution is 5.84. The first-order valence-corrected chi connectivity index (χ1v) is 9.02. The number of amides is 1. The largest absolute Gasteiger partial charge is 0.484 e. The minimum Gasteiger partial charge on any atom is -0.484 e.